The average Bonchev–Trinajstić information content (AvgIpc) is 2.36. The number of hydrogen-bond acceptors (Lipinski definition) is 3. The van der Waals surface area contributed by atoms with Crippen LogP contribution in [0.2, 0.25) is 5.02 Å². The van der Waals surface area contributed by atoms with E-state index in [9.17, 15) is 0 Å². The van der Waals surface area contributed by atoms with Crippen molar-refractivity contribution in [2.45, 2.75) is 13.5 Å². The monoisotopic (exact) mass is 327 g/mol. The molecule has 0 radical (unpaired) electrons. The Morgan fingerprint density at radius 3 is 2.78 bits per heavy atom. The third-order valence-corrected chi connectivity index (χ3v) is 3.55. The van der Waals surface area contributed by atoms with Crippen molar-refractivity contribution in [2.24, 2.45) is 0 Å². The van der Waals surface area contributed by atoms with Gasteiger partial charge in [-0.1, -0.05) is 27.5 Å². The van der Waals surface area contributed by atoms with Gasteiger partial charge in [0.25, 0.3) is 0 Å². The molecule has 0 aliphatic heterocycles. The third-order valence-electron chi connectivity index (χ3n) is 2.39. The molecule has 0 atom stereocenters. The molecule has 94 valence electrons. The maximum Gasteiger partial charge on any atom is 0.238 e. The van der Waals surface area contributed by atoms with Crippen molar-refractivity contribution < 1.29 is 9.84 Å². The van der Waals surface area contributed by atoms with Crippen LogP contribution in [0.1, 0.15) is 11.1 Å². The van der Waals surface area contributed by atoms with Crippen LogP contribution in [0, 0.1) is 6.92 Å². The first-order valence-electron chi connectivity index (χ1n) is 5.29. The molecule has 1 heterocycles. The summed E-state index contributed by atoms with van der Waals surface area (Å²) in [5.41, 5.74) is 1.72. The number of aromatic nitrogens is 1. The molecular formula is C13H11BrClNO2. The molecule has 2 rings (SSSR count). The van der Waals surface area contributed by atoms with Crippen LogP contribution in [0.3, 0.4) is 0 Å². The summed E-state index contributed by atoms with van der Waals surface area (Å²) in [6.45, 7) is 1.88. The molecular weight excluding hydrogens is 318 g/mol. The number of aliphatic hydroxyl groups is 1. The van der Waals surface area contributed by atoms with Gasteiger partial charge in [-0.2, -0.15) is 0 Å². The second-order valence-corrected chi connectivity index (χ2v) is 5.06. The summed E-state index contributed by atoms with van der Waals surface area (Å²) in [6, 6.07) is 7.26. The van der Waals surface area contributed by atoms with E-state index in [-0.39, 0.29) is 6.61 Å². The van der Waals surface area contributed by atoms with Crippen molar-refractivity contribution in [3.05, 3.63) is 51.1 Å². The van der Waals surface area contributed by atoms with Gasteiger partial charge in [-0.3, -0.25) is 0 Å². The van der Waals surface area contributed by atoms with Crippen LogP contribution in [0.4, 0.5) is 0 Å². The highest BCUT2D eigenvalue weighted by Crippen LogP contribution is 2.29. The van der Waals surface area contributed by atoms with E-state index < -0.39 is 0 Å². The zero-order valence-corrected chi connectivity index (χ0v) is 12.0. The highest BCUT2D eigenvalue weighted by molar-refractivity contribution is 9.10. The Morgan fingerprint density at radius 2 is 2.17 bits per heavy atom. The highest BCUT2D eigenvalue weighted by Gasteiger charge is 2.07. The lowest BCUT2D eigenvalue weighted by Gasteiger charge is -2.08. The quantitative estimate of drug-likeness (QED) is 0.922. The summed E-state index contributed by atoms with van der Waals surface area (Å²) in [6.07, 6.45) is 1.53. The Balaban J connectivity index is 2.25. The first-order chi connectivity index (χ1) is 8.60. The van der Waals surface area contributed by atoms with Crippen LogP contribution < -0.4 is 4.74 Å². The molecule has 0 amide bonds. The molecule has 0 spiro atoms. The number of aryl methyl sites for hydroxylation is 1. The molecule has 5 heteroatoms. The van der Waals surface area contributed by atoms with Gasteiger partial charge in [0, 0.05) is 10.7 Å². The molecule has 0 unspecified atom stereocenters. The van der Waals surface area contributed by atoms with Gasteiger partial charge in [0.1, 0.15) is 10.8 Å². The summed E-state index contributed by atoms with van der Waals surface area (Å²) in [5.74, 6) is 0.998. The number of nitrogens with zero attached hydrogens (tertiary/aromatic N) is 1. The average molecular weight is 329 g/mol. The Morgan fingerprint density at radius 1 is 1.39 bits per heavy atom. The Kier molecular flexibility index (Phi) is 4.22. The predicted octanol–water partition coefficient (Wildman–Crippen LogP) is 4.09. The fourth-order valence-corrected chi connectivity index (χ4v) is 1.89. The zero-order chi connectivity index (χ0) is 13.1. The number of ether oxygens (including phenoxy) is 1. The van der Waals surface area contributed by atoms with Crippen molar-refractivity contribution in [1.29, 1.82) is 0 Å². The number of rotatable bonds is 3. The molecule has 1 aromatic carbocycles. The number of benzene rings is 1. The Hall–Kier alpha value is -1.10. The molecule has 2 aromatic rings. The number of pyridine rings is 1. The summed E-state index contributed by atoms with van der Waals surface area (Å²) in [7, 11) is 0. The molecule has 0 aliphatic carbocycles. The van der Waals surface area contributed by atoms with E-state index >= 15 is 0 Å². The maximum atomic E-state index is 8.96. The number of hydrogen-bond donors (Lipinski definition) is 1. The van der Waals surface area contributed by atoms with Crippen LogP contribution in [0.5, 0.6) is 11.6 Å². The minimum Gasteiger partial charge on any atom is -0.438 e. The van der Waals surface area contributed by atoms with Gasteiger partial charge in [-0.25, -0.2) is 4.98 Å². The van der Waals surface area contributed by atoms with E-state index in [1.165, 1.54) is 6.20 Å². The second kappa shape index (κ2) is 5.69. The van der Waals surface area contributed by atoms with Crippen molar-refractivity contribution in [1.82, 2.24) is 4.98 Å². The van der Waals surface area contributed by atoms with Gasteiger partial charge in [0.2, 0.25) is 5.88 Å². The van der Waals surface area contributed by atoms with E-state index in [1.54, 1.807) is 6.07 Å². The lowest BCUT2D eigenvalue weighted by Crippen LogP contribution is -1.92. The standard InChI is InChI=1S/C13H11BrClNO2/c1-8-4-10(2-3-11(8)14)18-13-12(15)5-9(7-17)6-16-13/h2-6,17H,7H2,1H3. The number of halogens is 2. The number of aliphatic hydroxyl groups excluding tert-OH is 1. The van der Waals surface area contributed by atoms with Gasteiger partial charge in [0.15, 0.2) is 0 Å². The summed E-state index contributed by atoms with van der Waals surface area (Å²) in [5, 5.41) is 9.34. The van der Waals surface area contributed by atoms with E-state index in [0.29, 0.717) is 22.2 Å². The first-order valence-corrected chi connectivity index (χ1v) is 6.46. The lowest BCUT2D eigenvalue weighted by atomic mass is 10.2. The van der Waals surface area contributed by atoms with E-state index in [0.717, 1.165) is 10.0 Å². The van der Waals surface area contributed by atoms with Gasteiger partial charge >= 0.3 is 0 Å². The van der Waals surface area contributed by atoms with Crippen molar-refractivity contribution in [3.63, 3.8) is 0 Å². The van der Waals surface area contributed by atoms with Crippen LogP contribution in [-0.2, 0) is 6.61 Å². The van der Waals surface area contributed by atoms with Gasteiger partial charge in [-0.15, -0.1) is 0 Å². The fraction of sp³-hybridized carbons (Fsp3) is 0.154. The van der Waals surface area contributed by atoms with E-state index in [4.69, 9.17) is 21.4 Å². The lowest BCUT2D eigenvalue weighted by molar-refractivity contribution is 0.281. The minimum absolute atomic E-state index is 0.0929. The molecule has 0 aliphatic rings. The molecule has 1 aromatic heterocycles. The van der Waals surface area contributed by atoms with Gasteiger partial charge in [0.05, 0.1) is 6.61 Å². The minimum atomic E-state index is -0.0929. The maximum absolute atomic E-state index is 8.96. The van der Waals surface area contributed by atoms with Crippen LogP contribution in [0.15, 0.2) is 34.9 Å². The van der Waals surface area contributed by atoms with Crippen LogP contribution >= 0.6 is 27.5 Å². The first kappa shape index (κ1) is 13.3. The normalized spacial score (nSPS) is 10.4. The Bertz CT molecular complexity index is 575. The van der Waals surface area contributed by atoms with Crippen molar-refractivity contribution in [3.8, 4) is 11.6 Å². The molecule has 3 nitrogen and oxygen atoms in total. The van der Waals surface area contributed by atoms with Crippen LogP contribution in [-0.4, -0.2) is 10.1 Å². The van der Waals surface area contributed by atoms with Crippen molar-refractivity contribution in [2.75, 3.05) is 0 Å². The molecule has 0 saturated heterocycles. The van der Waals surface area contributed by atoms with Gasteiger partial charge < -0.3 is 9.84 Å². The predicted molar refractivity (Wildman–Crippen MR) is 74.1 cm³/mol. The topological polar surface area (TPSA) is 42.4 Å². The molecule has 0 fully saturated rings. The third kappa shape index (κ3) is 3.02. The fourth-order valence-electron chi connectivity index (χ4n) is 1.42. The summed E-state index contributed by atoms with van der Waals surface area (Å²) < 4.78 is 6.62. The van der Waals surface area contributed by atoms with E-state index in [1.807, 2.05) is 25.1 Å². The smallest absolute Gasteiger partial charge is 0.238 e. The molecule has 1 N–H and O–H groups in total. The highest BCUT2D eigenvalue weighted by atomic mass is 79.9. The van der Waals surface area contributed by atoms with E-state index in [2.05, 4.69) is 20.9 Å². The Labute approximate surface area is 119 Å². The second-order valence-electron chi connectivity index (χ2n) is 3.80. The largest absolute Gasteiger partial charge is 0.438 e. The molecule has 0 saturated carbocycles. The van der Waals surface area contributed by atoms with Gasteiger partial charge in [-0.05, 0) is 42.3 Å². The molecule has 0 bridgehead atoms. The summed E-state index contributed by atoms with van der Waals surface area (Å²) in [4.78, 5) is 4.07. The SMILES string of the molecule is Cc1cc(Oc2ncc(CO)cc2Cl)ccc1Br. The zero-order valence-electron chi connectivity index (χ0n) is 9.65. The molecule has 18 heavy (non-hydrogen) atoms. The summed E-state index contributed by atoms with van der Waals surface area (Å²) >= 11 is 9.44. The van der Waals surface area contributed by atoms with Crippen LogP contribution in [0.25, 0.3) is 0 Å². The van der Waals surface area contributed by atoms with Crippen molar-refractivity contribution >= 4 is 27.5 Å².